The Morgan fingerprint density at radius 2 is 0.594 bits per heavy atom. The minimum atomic E-state index is 0.593. The molecule has 32 heavy (non-hydrogen) atoms. The van der Waals surface area contributed by atoms with Gasteiger partial charge in [0.25, 0.3) is 0 Å². The van der Waals surface area contributed by atoms with Crippen LogP contribution in [0.5, 0.6) is 0 Å². The molecule has 4 aliphatic rings. The van der Waals surface area contributed by atoms with Crippen LogP contribution in [0.3, 0.4) is 0 Å². The molecule has 0 amide bonds. The topological polar surface area (TPSA) is 0 Å². The first-order valence-corrected chi connectivity index (χ1v) is 12.1. The van der Waals surface area contributed by atoms with Crippen molar-refractivity contribution in [2.45, 2.75) is 36.5 Å². The van der Waals surface area contributed by atoms with Crippen LogP contribution in [-0.4, -0.2) is 0 Å². The van der Waals surface area contributed by atoms with Crippen molar-refractivity contribution >= 4 is 21.5 Å². The molecule has 0 aromatic heterocycles. The average molecular weight is 407 g/mol. The average Bonchev–Trinajstić information content (AvgIpc) is 3.58. The maximum atomic E-state index is 2.64. The van der Waals surface area contributed by atoms with Crippen molar-refractivity contribution in [2.75, 3.05) is 0 Å². The molecule has 150 valence electrons. The standard InChI is InChI=1S/C32H22/c1-2-6-18-10-22-21(9-17(18)5-1)25-13-26(22)30-16-32-28-14-27(31(32)15-29(25)30)23-11-19-7-3-4-8-20(19)12-24(23)28/h1-12,15-16,25-28H,13-14H2/t25-,26+,27+,28-. The van der Waals surface area contributed by atoms with E-state index in [0.717, 1.165) is 0 Å². The number of fused-ring (bicyclic) bond motifs is 18. The van der Waals surface area contributed by atoms with Crippen molar-refractivity contribution in [3.8, 4) is 0 Å². The number of hydrogen-bond acceptors (Lipinski definition) is 0. The van der Waals surface area contributed by atoms with Crippen LogP contribution in [0.15, 0.2) is 84.9 Å². The molecule has 0 heteroatoms. The zero-order valence-corrected chi connectivity index (χ0v) is 17.8. The molecule has 4 aliphatic carbocycles. The Kier molecular flexibility index (Phi) is 2.71. The molecule has 4 bridgehead atoms. The Balaban J connectivity index is 1.23. The smallest absolute Gasteiger partial charge is 0.0105 e. The van der Waals surface area contributed by atoms with Crippen molar-refractivity contribution in [3.05, 3.63) is 129 Å². The van der Waals surface area contributed by atoms with Gasteiger partial charge in [-0.3, -0.25) is 0 Å². The highest BCUT2D eigenvalue weighted by Gasteiger charge is 2.47. The second-order valence-electron chi connectivity index (χ2n) is 10.4. The molecule has 0 nitrogen and oxygen atoms in total. The predicted octanol–water partition coefficient (Wildman–Crippen LogP) is 7.95. The van der Waals surface area contributed by atoms with Gasteiger partial charge in [0, 0.05) is 23.7 Å². The molecule has 0 heterocycles. The van der Waals surface area contributed by atoms with Gasteiger partial charge in [0.05, 0.1) is 0 Å². The number of benzene rings is 5. The molecule has 0 spiro atoms. The van der Waals surface area contributed by atoms with E-state index >= 15 is 0 Å². The highest BCUT2D eigenvalue weighted by molar-refractivity contribution is 5.87. The highest BCUT2D eigenvalue weighted by atomic mass is 14.5. The molecule has 0 aliphatic heterocycles. The van der Waals surface area contributed by atoms with Crippen molar-refractivity contribution in [3.63, 3.8) is 0 Å². The van der Waals surface area contributed by atoms with E-state index in [0.29, 0.717) is 23.7 Å². The van der Waals surface area contributed by atoms with Gasteiger partial charge < -0.3 is 0 Å². The molecule has 5 aromatic rings. The Hall–Kier alpha value is -3.38. The first-order valence-electron chi connectivity index (χ1n) is 12.1. The fourth-order valence-electron chi connectivity index (χ4n) is 7.79. The fraction of sp³-hybridized carbons (Fsp3) is 0.188. The van der Waals surface area contributed by atoms with Gasteiger partial charge in [-0.2, -0.15) is 0 Å². The zero-order chi connectivity index (χ0) is 20.6. The van der Waals surface area contributed by atoms with Crippen LogP contribution in [0.2, 0.25) is 0 Å². The summed E-state index contributed by atoms with van der Waals surface area (Å²) in [5.41, 5.74) is 12.9. The zero-order valence-electron chi connectivity index (χ0n) is 17.8. The molecule has 0 saturated heterocycles. The fourth-order valence-corrected chi connectivity index (χ4v) is 7.79. The maximum absolute atomic E-state index is 2.64. The molecule has 4 atom stereocenters. The van der Waals surface area contributed by atoms with Crippen LogP contribution in [0, 0.1) is 0 Å². The van der Waals surface area contributed by atoms with E-state index in [9.17, 15) is 0 Å². The normalized spacial score (nSPS) is 25.2. The van der Waals surface area contributed by atoms with Crippen LogP contribution in [-0.2, 0) is 0 Å². The Morgan fingerprint density at radius 1 is 0.344 bits per heavy atom. The largest absolute Gasteiger partial charge is 0.0616 e. The predicted molar refractivity (Wildman–Crippen MR) is 131 cm³/mol. The lowest BCUT2D eigenvalue weighted by Crippen LogP contribution is -2.09. The first kappa shape index (κ1) is 16.3. The SMILES string of the molecule is c1ccc2cc3c(cc2c1)[C@@H]1C[C@H]3c2cc3c(cc21)[C@@H]1C[C@H]3c2cc3ccccc3cc21. The molecule has 9 rings (SSSR count). The van der Waals surface area contributed by atoms with Crippen molar-refractivity contribution in [1.82, 2.24) is 0 Å². The molecular weight excluding hydrogens is 384 g/mol. The molecule has 5 aromatic carbocycles. The summed E-state index contributed by atoms with van der Waals surface area (Å²) in [5, 5.41) is 5.56. The molecule has 0 radical (unpaired) electrons. The Morgan fingerprint density at radius 3 is 0.875 bits per heavy atom. The second kappa shape index (κ2) is 5.33. The van der Waals surface area contributed by atoms with E-state index < -0.39 is 0 Å². The summed E-state index contributed by atoms with van der Waals surface area (Å²) in [5.74, 6) is 2.37. The Bertz CT molecular complexity index is 1410. The number of hydrogen-bond donors (Lipinski definition) is 0. The van der Waals surface area contributed by atoms with Crippen LogP contribution in [0.4, 0.5) is 0 Å². The van der Waals surface area contributed by atoms with Crippen LogP contribution in [0.1, 0.15) is 81.0 Å². The van der Waals surface area contributed by atoms with E-state index in [1.54, 1.807) is 44.5 Å². The first-order chi connectivity index (χ1) is 15.8. The minimum Gasteiger partial charge on any atom is -0.0616 e. The third-order valence-corrected chi connectivity index (χ3v) is 9.14. The van der Waals surface area contributed by atoms with Gasteiger partial charge in [-0.05, 0) is 78.9 Å². The lowest BCUT2D eigenvalue weighted by atomic mass is 9.78. The Labute approximate surface area is 187 Å². The van der Waals surface area contributed by atoms with Crippen molar-refractivity contribution in [2.24, 2.45) is 0 Å². The lowest BCUT2D eigenvalue weighted by Gasteiger charge is -2.26. The van der Waals surface area contributed by atoms with Gasteiger partial charge in [0.15, 0.2) is 0 Å². The quantitative estimate of drug-likeness (QED) is 0.245. The molecule has 0 saturated carbocycles. The van der Waals surface area contributed by atoms with Gasteiger partial charge in [-0.1, -0.05) is 84.9 Å². The summed E-state index contributed by atoms with van der Waals surface area (Å²) in [6.07, 6.45) is 2.55. The summed E-state index contributed by atoms with van der Waals surface area (Å²) in [4.78, 5) is 0. The van der Waals surface area contributed by atoms with Gasteiger partial charge >= 0.3 is 0 Å². The van der Waals surface area contributed by atoms with Gasteiger partial charge in [0.2, 0.25) is 0 Å². The summed E-state index contributed by atoms with van der Waals surface area (Å²) < 4.78 is 0. The van der Waals surface area contributed by atoms with Crippen LogP contribution in [0.25, 0.3) is 21.5 Å². The third-order valence-electron chi connectivity index (χ3n) is 9.14. The van der Waals surface area contributed by atoms with Crippen molar-refractivity contribution in [1.29, 1.82) is 0 Å². The van der Waals surface area contributed by atoms with E-state index in [1.165, 1.54) is 34.4 Å². The van der Waals surface area contributed by atoms with E-state index in [1.807, 2.05) is 0 Å². The molecule has 0 fully saturated rings. The van der Waals surface area contributed by atoms with Gasteiger partial charge in [-0.25, -0.2) is 0 Å². The van der Waals surface area contributed by atoms with Crippen molar-refractivity contribution < 1.29 is 0 Å². The molecule has 0 unspecified atom stereocenters. The highest BCUT2D eigenvalue weighted by Crippen LogP contribution is 2.62. The number of rotatable bonds is 0. The maximum Gasteiger partial charge on any atom is 0.0105 e. The van der Waals surface area contributed by atoms with Crippen LogP contribution < -0.4 is 0 Å². The molecular formula is C32H22. The van der Waals surface area contributed by atoms with E-state index in [4.69, 9.17) is 0 Å². The van der Waals surface area contributed by atoms with Crippen LogP contribution >= 0.6 is 0 Å². The third kappa shape index (κ3) is 1.80. The summed E-state index contributed by atoms with van der Waals surface area (Å²) >= 11 is 0. The van der Waals surface area contributed by atoms with Gasteiger partial charge in [-0.15, -0.1) is 0 Å². The lowest BCUT2D eigenvalue weighted by molar-refractivity contribution is 0.783. The monoisotopic (exact) mass is 406 g/mol. The minimum absolute atomic E-state index is 0.593. The summed E-state index contributed by atoms with van der Waals surface area (Å²) in [7, 11) is 0. The molecule has 0 N–H and O–H groups in total. The van der Waals surface area contributed by atoms with E-state index in [2.05, 4.69) is 84.9 Å². The summed E-state index contributed by atoms with van der Waals surface area (Å²) in [6, 6.07) is 33.0. The second-order valence-corrected chi connectivity index (χ2v) is 10.4. The summed E-state index contributed by atoms with van der Waals surface area (Å²) in [6.45, 7) is 0. The van der Waals surface area contributed by atoms with Gasteiger partial charge in [0.1, 0.15) is 0 Å². The van der Waals surface area contributed by atoms with E-state index in [-0.39, 0.29) is 0 Å².